The summed E-state index contributed by atoms with van der Waals surface area (Å²) < 4.78 is 82.8. The summed E-state index contributed by atoms with van der Waals surface area (Å²) in [5, 5.41) is 12.9. The first-order chi connectivity index (χ1) is 31.5. The molecule has 7 rings (SSSR count). The number of nitrogens with zero attached hydrogens (tertiary/aromatic N) is 2. The van der Waals surface area contributed by atoms with Crippen molar-refractivity contribution in [1.82, 2.24) is 9.97 Å². The number of allylic oxidation sites excluding steroid dienone is 2. The number of carbonyl (C=O) groups is 1. The summed E-state index contributed by atoms with van der Waals surface area (Å²) in [6, 6.07) is 26.0. The Labute approximate surface area is 415 Å². The molecular formula is C56H63F6IrN2O2S-. The van der Waals surface area contributed by atoms with Gasteiger partial charge in [-0.2, -0.15) is 26.3 Å². The first-order valence-corrected chi connectivity index (χ1v) is 24.3. The van der Waals surface area contributed by atoms with Gasteiger partial charge in [0.1, 0.15) is 5.01 Å². The number of aliphatic hydroxyl groups is 1. The smallest absolute Gasteiger partial charge is 0.403 e. The maximum Gasteiger partial charge on any atom is 0.403 e. The van der Waals surface area contributed by atoms with Gasteiger partial charge in [-0.05, 0) is 123 Å². The van der Waals surface area contributed by atoms with Crippen LogP contribution in [0.25, 0.3) is 53.9 Å². The van der Waals surface area contributed by atoms with Crippen molar-refractivity contribution in [3.63, 3.8) is 0 Å². The van der Waals surface area contributed by atoms with E-state index in [4.69, 9.17) is 9.97 Å². The van der Waals surface area contributed by atoms with Crippen LogP contribution in [0.15, 0.2) is 84.8 Å². The van der Waals surface area contributed by atoms with Crippen molar-refractivity contribution in [3.8, 4) is 33.0 Å². The Kier molecular flexibility index (Phi) is 17.4. The topological polar surface area (TPSA) is 63.1 Å². The molecule has 0 unspecified atom stereocenters. The fourth-order valence-electron chi connectivity index (χ4n) is 9.80. The Hall–Kier alpha value is -4.38. The summed E-state index contributed by atoms with van der Waals surface area (Å²) in [5.74, 6) is 0.188. The van der Waals surface area contributed by atoms with Crippen molar-refractivity contribution in [2.75, 3.05) is 0 Å². The normalized spacial score (nSPS) is 14.9. The van der Waals surface area contributed by atoms with Gasteiger partial charge in [-0.3, -0.25) is 9.78 Å². The Morgan fingerprint density at radius 1 is 0.824 bits per heavy atom. The zero-order valence-corrected chi connectivity index (χ0v) is 43.9. The third-order valence-electron chi connectivity index (χ3n) is 13.9. The standard InChI is InChI=1S/C43H39F6N2S.C13H24O2.Ir/c1-24-19-28(27-13-16-41(17-14-27,42(44,45)46)43(47,48)49)11-12-32(24)30-20-25(2)36(26(3)21-30)39-51-35-15-18-50-37(38(35)52-39)31-22-29-9-7-8-10-33(29)34(23-31)40(4,5)6;1-5-10(6-2)12(14)9-13(15)11(7-3)8-4;/h7-12,15,18-21,23,27H,13-14,16-17H2,1-6H3;9-11,14H,5-8H2,1-4H3;/q-1;;/b;12-9-;. The van der Waals surface area contributed by atoms with Crippen LogP contribution in [0.5, 0.6) is 0 Å². The average molecular weight is 1130 g/mol. The monoisotopic (exact) mass is 1130 g/mol. The molecule has 0 atom stereocenters. The van der Waals surface area contributed by atoms with Crippen LogP contribution < -0.4 is 0 Å². The van der Waals surface area contributed by atoms with Crippen LogP contribution in [-0.2, 0) is 30.3 Å². The molecule has 2 heterocycles. The number of aryl methyl sites for hydroxylation is 3. The van der Waals surface area contributed by atoms with Gasteiger partial charge in [-0.1, -0.05) is 108 Å². The fourth-order valence-corrected chi connectivity index (χ4v) is 11.0. The van der Waals surface area contributed by atoms with Gasteiger partial charge >= 0.3 is 12.4 Å². The number of rotatable bonds is 11. The van der Waals surface area contributed by atoms with Gasteiger partial charge in [0, 0.05) is 60.2 Å². The van der Waals surface area contributed by atoms with Crippen LogP contribution in [0.2, 0.25) is 0 Å². The number of halogens is 6. The number of aromatic nitrogens is 2. The van der Waals surface area contributed by atoms with Crippen molar-refractivity contribution in [1.29, 1.82) is 0 Å². The second kappa shape index (κ2) is 21.7. The number of benzene rings is 4. The van der Waals surface area contributed by atoms with E-state index in [9.17, 15) is 36.2 Å². The molecule has 2 aromatic heterocycles. The van der Waals surface area contributed by atoms with E-state index in [0.29, 0.717) is 0 Å². The number of carbonyl (C=O) groups excluding carboxylic acids is 1. The maximum absolute atomic E-state index is 13.6. The van der Waals surface area contributed by atoms with Crippen LogP contribution in [0.3, 0.4) is 0 Å². The zero-order valence-electron chi connectivity index (χ0n) is 40.7. The summed E-state index contributed by atoms with van der Waals surface area (Å²) in [6.07, 6.45) is -6.18. The number of hydrogen-bond donors (Lipinski definition) is 1. The number of fused-ring (bicyclic) bond motifs is 2. The predicted octanol–water partition coefficient (Wildman–Crippen LogP) is 17.5. The largest absolute Gasteiger partial charge is 0.512 e. The second-order valence-electron chi connectivity index (χ2n) is 19.3. The Balaban J connectivity index is 0.000000467. The number of pyridine rings is 1. The summed E-state index contributed by atoms with van der Waals surface area (Å²) in [4.78, 5) is 21.6. The molecule has 1 radical (unpaired) electrons. The van der Waals surface area contributed by atoms with E-state index < -0.39 is 30.6 Å². The summed E-state index contributed by atoms with van der Waals surface area (Å²) in [7, 11) is 0. The van der Waals surface area contributed by atoms with E-state index in [0.717, 1.165) is 96.5 Å². The Bertz CT molecular complexity index is 2710. The van der Waals surface area contributed by atoms with Gasteiger partial charge < -0.3 is 5.11 Å². The molecule has 1 saturated carbocycles. The van der Waals surface area contributed by atoms with Crippen molar-refractivity contribution in [2.24, 2.45) is 17.3 Å². The van der Waals surface area contributed by atoms with Crippen molar-refractivity contribution in [2.45, 2.75) is 144 Å². The SMILES string of the molecule is CCC(CC)C(=O)/C=C(\O)C(CC)CC.Cc1cc(C2CCC(C(F)(F)F)(C(F)(F)F)CC2)ccc1-c1cc(C)c(-c2nc3ccnc(-c4[c-]c5ccccc5c(C(C)(C)C)c4)c3s2)c(C)c1.[Ir]. The fraction of sp³-hybridized carbons (Fsp3) is 0.446. The van der Waals surface area contributed by atoms with Crippen LogP contribution in [0.1, 0.15) is 134 Å². The summed E-state index contributed by atoms with van der Waals surface area (Å²) >= 11 is 1.61. The van der Waals surface area contributed by atoms with Gasteiger partial charge in [0.2, 0.25) is 0 Å². The van der Waals surface area contributed by atoms with E-state index >= 15 is 0 Å². The number of hydrogen-bond acceptors (Lipinski definition) is 5. The molecule has 0 amide bonds. The average Bonchev–Trinajstić information content (AvgIpc) is 3.69. The summed E-state index contributed by atoms with van der Waals surface area (Å²) in [5.41, 5.74) is 6.95. The van der Waals surface area contributed by atoms with Gasteiger partial charge in [0.05, 0.1) is 11.3 Å². The number of alkyl halides is 6. The van der Waals surface area contributed by atoms with Gasteiger partial charge in [-0.25, -0.2) is 4.98 Å². The minimum absolute atomic E-state index is 0. The van der Waals surface area contributed by atoms with E-state index in [1.54, 1.807) is 17.5 Å². The third kappa shape index (κ3) is 11.3. The molecule has 1 N–H and O–H groups in total. The molecule has 12 heteroatoms. The zero-order chi connectivity index (χ0) is 49.2. The molecule has 1 aliphatic rings. The number of ketones is 1. The van der Waals surface area contributed by atoms with E-state index in [1.165, 1.54) is 17.0 Å². The van der Waals surface area contributed by atoms with Gasteiger partial charge in [0.25, 0.3) is 0 Å². The molecule has 0 spiro atoms. The van der Waals surface area contributed by atoms with Crippen LogP contribution >= 0.6 is 11.3 Å². The minimum atomic E-state index is -5.32. The molecule has 6 aromatic rings. The molecule has 0 saturated heterocycles. The molecule has 68 heavy (non-hydrogen) atoms. The summed E-state index contributed by atoms with van der Waals surface area (Å²) in [6.45, 7) is 20.8. The van der Waals surface area contributed by atoms with E-state index in [2.05, 4.69) is 77.1 Å². The van der Waals surface area contributed by atoms with Gasteiger partial charge in [0.15, 0.2) is 11.2 Å². The van der Waals surface area contributed by atoms with Crippen LogP contribution in [-0.4, -0.2) is 33.2 Å². The molecule has 0 aliphatic heterocycles. The predicted molar refractivity (Wildman–Crippen MR) is 263 cm³/mol. The van der Waals surface area contributed by atoms with Crippen molar-refractivity contribution >= 4 is 38.1 Å². The maximum atomic E-state index is 13.6. The first kappa shape index (κ1) is 54.6. The molecule has 367 valence electrons. The quantitative estimate of drug-likeness (QED) is 0.0608. The van der Waals surface area contributed by atoms with Crippen molar-refractivity contribution in [3.05, 3.63) is 119 Å². The van der Waals surface area contributed by atoms with E-state index in [1.807, 2.05) is 65.0 Å². The number of aliphatic hydroxyl groups excluding tert-OH is 1. The number of thiazole rings is 1. The molecule has 1 aliphatic carbocycles. The second-order valence-corrected chi connectivity index (χ2v) is 20.3. The van der Waals surface area contributed by atoms with Gasteiger partial charge in [-0.15, -0.1) is 40.5 Å². The van der Waals surface area contributed by atoms with Crippen LogP contribution in [0.4, 0.5) is 26.3 Å². The van der Waals surface area contributed by atoms with Crippen molar-refractivity contribution < 1.29 is 56.3 Å². The molecular weight excluding hydrogens is 1070 g/mol. The molecule has 1 fully saturated rings. The first-order valence-electron chi connectivity index (χ1n) is 23.5. The molecule has 0 bridgehead atoms. The minimum Gasteiger partial charge on any atom is -0.512 e. The Morgan fingerprint density at radius 2 is 1.41 bits per heavy atom. The van der Waals surface area contributed by atoms with Crippen LogP contribution in [0, 0.1) is 44.1 Å². The molecule has 4 nitrogen and oxygen atoms in total. The third-order valence-corrected chi connectivity index (χ3v) is 15.0. The van der Waals surface area contributed by atoms with E-state index in [-0.39, 0.29) is 67.7 Å². The Morgan fingerprint density at radius 3 is 1.96 bits per heavy atom. The molecule has 4 aromatic carbocycles.